The van der Waals surface area contributed by atoms with E-state index in [2.05, 4.69) is 15.3 Å². The zero-order valence-corrected chi connectivity index (χ0v) is 18.2. The molecular weight excluding hydrogens is 400 g/mol. The fourth-order valence-corrected chi connectivity index (χ4v) is 2.96. The van der Waals surface area contributed by atoms with Crippen molar-refractivity contribution in [3.8, 4) is 11.5 Å². The minimum atomic E-state index is -0.451. The summed E-state index contributed by atoms with van der Waals surface area (Å²) in [5.41, 5.74) is 1.21. The number of methoxy groups -OCH3 is 1. The zero-order valence-electron chi connectivity index (χ0n) is 17.4. The Morgan fingerprint density at radius 3 is 2.57 bits per heavy atom. The second-order valence-corrected chi connectivity index (χ2v) is 8.03. The molecule has 0 aliphatic heterocycles. The van der Waals surface area contributed by atoms with Crippen molar-refractivity contribution in [3.05, 3.63) is 80.5 Å². The van der Waals surface area contributed by atoms with Crippen molar-refractivity contribution < 1.29 is 9.47 Å². The van der Waals surface area contributed by atoms with Crippen LogP contribution < -0.4 is 15.0 Å². The summed E-state index contributed by atoms with van der Waals surface area (Å²) in [6, 6.07) is 15.3. The normalized spacial score (nSPS) is 11.6. The summed E-state index contributed by atoms with van der Waals surface area (Å²) in [5, 5.41) is 11.1. The quantitative estimate of drug-likeness (QED) is 0.477. The van der Waals surface area contributed by atoms with Gasteiger partial charge in [-0.1, -0.05) is 57.2 Å². The first kappa shape index (κ1) is 21.4. The molecule has 0 aliphatic carbocycles. The lowest BCUT2D eigenvalue weighted by Gasteiger charge is -2.16. The molecule has 30 heavy (non-hydrogen) atoms. The van der Waals surface area contributed by atoms with Crippen LogP contribution in [0.4, 0.5) is 0 Å². The van der Waals surface area contributed by atoms with E-state index >= 15 is 0 Å². The highest BCUT2D eigenvalue weighted by Crippen LogP contribution is 2.31. The zero-order chi connectivity index (χ0) is 21.7. The smallest absolute Gasteiger partial charge is 0.297 e. The summed E-state index contributed by atoms with van der Waals surface area (Å²) in [7, 11) is 1.57. The summed E-state index contributed by atoms with van der Waals surface area (Å²) in [5.74, 6) is 1.10. The largest absolute Gasteiger partial charge is 0.493 e. The van der Waals surface area contributed by atoms with Crippen LogP contribution in [0.2, 0.25) is 0 Å². The molecule has 0 spiro atoms. The average Bonchev–Trinajstić information content (AvgIpc) is 2.72. The molecule has 0 bridgehead atoms. The molecule has 156 valence electrons. The lowest BCUT2D eigenvalue weighted by Crippen LogP contribution is -2.32. The molecule has 0 fully saturated rings. The van der Waals surface area contributed by atoms with E-state index in [4.69, 9.17) is 21.7 Å². The Morgan fingerprint density at radius 1 is 1.17 bits per heavy atom. The van der Waals surface area contributed by atoms with Gasteiger partial charge in [-0.2, -0.15) is 14.9 Å². The van der Waals surface area contributed by atoms with E-state index in [1.807, 2.05) is 63.2 Å². The summed E-state index contributed by atoms with van der Waals surface area (Å²) in [4.78, 5) is 12.8. The number of hydrogen-bond donors (Lipinski definition) is 1. The molecular formula is C22H24N4O3S. The monoisotopic (exact) mass is 424 g/mol. The number of H-pyrrole nitrogens is 1. The van der Waals surface area contributed by atoms with E-state index in [1.54, 1.807) is 13.2 Å². The second-order valence-electron chi connectivity index (χ2n) is 7.64. The van der Waals surface area contributed by atoms with Crippen molar-refractivity contribution >= 4 is 18.4 Å². The minimum Gasteiger partial charge on any atom is -0.493 e. The molecule has 0 aliphatic rings. The molecule has 1 N–H and O–H groups in total. The predicted octanol–water partition coefficient (Wildman–Crippen LogP) is 4.07. The molecule has 1 aromatic heterocycles. The highest BCUT2D eigenvalue weighted by atomic mass is 32.1. The molecule has 0 atom stereocenters. The van der Waals surface area contributed by atoms with E-state index < -0.39 is 5.41 Å². The van der Waals surface area contributed by atoms with Gasteiger partial charge in [0.2, 0.25) is 4.77 Å². The first-order valence-electron chi connectivity index (χ1n) is 9.41. The Bertz CT molecular complexity index is 1160. The van der Waals surface area contributed by atoms with Crippen molar-refractivity contribution in [1.82, 2.24) is 14.9 Å². The topological polar surface area (TPSA) is 81.5 Å². The Labute approximate surface area is 180 Å². The van der Waals surface area contributed by atoms with Crippen molar-refractivity contribution in [2.24, 2.45) is 5.10 Å². The van der Waals surface area contributed by atoms with Crippen LogP contribution in [-0.2, 0) is 12.0 Å². The number of ether oxygens (including phenoxy) is 2. The lowest BCUT2D eigenvalue weighted by molar-refractivity contribution is 0.284. The van der Waals surface area contributed by atoms with Gasteiger partial charge in [-0.05, 0) is 29.9 Å². The average molecular weight is 425 g/mol. The van der Waals surface area contributed by atoms with Crippen molar-refractivity contribution in [1.29, 1.82) is 0 Å². The Kier molecular flexibility index (Phi) is 6.47. The molecule has 7 nitrogen and oxygen atoms in total. The SMILES string of the molecule is COc1cccc(/C=N\n2c(=S)[nH]nc(C(C)(C)C)c2=O)c1OCc1ccccc1. The van der Waals surface area contributed by atoms with Gasteiger partial charge in [-0.15, -0.1) is 0 Å². The highest BCUT2D eigenvalue weighted by Gasteiger charge is 2.21. The maximum Gasteiger partial charge on any atom is 0.297 e. The fourth-order valence-electron chi connectivity index (χ4n) is 2.78. The van der Waals surface area contributed by atoms with E-state index in [0.717, 1.165) is 10.2 Å². The number of para-hydroxylation sites is 1. The molecule has 0 radical (unpaired) electrons. The lowest BCUT2D eigenvalue weighted by atomic mass is 9.93. The van der Waals surface area contributed by atoms with E-state index in [1.165, 1.54) is 6.21 Å². The number of nitrogens with zero attached hydrogens (tertiary/aromatic N) is 3. The van der Waals surface area contributed by atoms with Crippen LogP contribution in [0.3, 0.4) is 0 Å². The van der Waals surface area contributed by atoms with Gasteiger partial charge in [-0.3, -0.25) is 9.89 Å². The van der Waals surface area contributed by atoms with Crippen LogP contribution in [0.5, 0.6) is 11.5 Å². The van der Waals surface area contributed by atoms with Crippen molar-refractivity contribution in [3.63, 3.8) is 0 Å². The maximum absolute atomic E-state index is 12.8. The molecule has 8 heteroatoms. The highest BCUT2D eigenvalue weighted by molar-refractivity contribution is 7.71. The fraction of sp³-hybridized carbons (Fsp3) is 0.273. The molecule has 0 unspecified atom stereocenters. The Morgan fingerprint density at radius 2 is 1.90 bits per heavy atom. The maximum atomic E-state index is 12.8. The number of rotatable bonds is 6. The first-order valence-corrected chi connectivity index (χ1v) is 9.82. The first-order chi connectivity index (χ1) is 14.3. The number of aromatic nitrogens is 3. The molecule has 1 heterocycles. The van der Waals surface area contributed by atoms with Crippen LogP contribution in [0.25, 0.3) is 0 Å². The van der Waals surface area contributed by atoms with Crippen LogP contribution in [0.15, 0.2) is 58.4 Å². The molecule has 2 aromatic carbocycles. The van der Waals surface area contributed by atoms with Gasteiger partial charge >= 0.3 is 0 Å². The van der Waals surface area contributed by atoms with Crippen molar-refractivity contribution in [2.45, 2.75) is 32.8 Å². The second kappa shape index (κ2) is 9.04. The molecule has 0 saturated heterocycles. The predicted molar refractivity (Wildman–Crippen MR) is 119 cm³/mol. The van der Waals surface area contributed by atoms with Gasteiger partial charge in [0.1, 0.15) is 12.3 Å². The molecule has 3 aromatic rings. The third-order valence-corrected chi connectivity index (χ3v) is 4.59. The summed E-state index contributed by atoms with van der Waals surface area (Å²) in [6.45, 7) is 6.07. The van der Waals surface area contributed by atoms with Gasteiger partial charge in [0.15, 0.2) is 11.5 Å². The van der Waals surface area contributed by atoms with Gasteiger partial charge in [0.25, 0.3) is 5.56 Å². The Balaban J connectivity index is 1.98. The number of nitrogens with one attached hydrogen (secondary N) is 1. The van der Waals surface area contributed by atoms with Gasteiger partial charge in [-0.25, -0.2) is 0 Å². The summed E-state index contributed by atoms with van der Waals surface area (Å²) in [6.07, 6.45) is 1.53. The van der Waals surface area contributed by atoms with Crippen molar-refractivity contribution in [2.75, 3.05) is 7.11 Å². The van der Waals surface area contributed by atoms with Crippen LogP contribution in [-0.4, -0.2) is 28.2 Å². The minimum absolute atomic E-state index is 0.110. The number of hydrogen-bond acceptors (Lipinski definition) is 6. The van der Waals surface area contributed by atoms with E-state index in [-0.39, 0.29) is 10.3 Å². The number of benzene rings is 2. The van der Waals surface area contributed by atoms with Crippen LogP contribution in [0, 0.1) is 4.77 Å². The van der Waals surface area contributed by atoms with E-state index in [0.29, 0.717) is 29.4 Å². The Hall–Kier alpha value is -3.26. The third kappa shape index (κ3) is 4.83. The van der Waals surface area contributed by atoms with Gasteiger partial charge in [0, 0.05) is 11.0 Å². The summed E-state index contributed by atoms with van der Waals surface area (Å²) >= 11 is 5.21. The van der Waals surface area contributed by atoms with Crippen LogP contribution >= 0.6 is 12.2 Å². The standard InChI is InChI=1S/C22H24N4O3S/c1-22(2,3)19-20(27)26(21(30)25-24-19)23-13-16-11-8-12-17(28-4)18(16)29-14-15-9-6-5-7-10-15/h5-13H,14H2,1-4H3,(H,25,30)/b23-13-. The molecule has 3 rings (SSSR count). The number of aromatic amines is 1. The third-order valence-electron chi connectivity index (χ3n) is 4.33. The van der Waals surface area contributed by atoms with Crippen LogP contribution in [0.1, 0.15) is 37.6 Å². The van der Waals surface area contributed by atoms with Gasteiger partial charge in [0.05, 0.1) is 13.3 Å². The van der Waals surface area contributed by atoms with E-state index in [9.17, 15) is 4.79 Å². The molecule has 0 saturated carbocycles. The summed E-state index contributed by atoms with van der Waals surface area (Å²) < 4.78 is 12.7. The molecule has 0 amide bonds. The van der Waals surface area contributed by atoms with Gasteiger partial charge < -0.3 is 9.47 Å².